The van der Waals surface area contributed by atoms with Crippen molar-refractivity contribution in [3.05, 3.63) is 41.3 Å². The molecule has 30 heavy (non-hydrogen) atoms. The lowest BCUT2D eigenvalue weighted by Gasteiger charge is -2.20. The Labute approximate surface area is 174 Å². The number of aromatic nitrogens is 3. The number of likely N-dealkylation sites (tertiary alicyclic amines) is 1. The standard InChI is InChI=1S/C22H24FN5O2/c1-28-8-3-5-14(28)12-30-22-26-20-17(21(24)27-22)10-25-19(18(20)23)16-6-2-4-13-11-29-9-7-15(13)16/h2,4,6,10,14H,3,5,7-9,11-12H2,1H3,(H2,24,26,27)/t14-/m0/s1. The summed E-state index contributed by atoms with van der Waals surface area (Å²) in [5, 5.41) is 0.384. The lowest BCUT2D eigenvalue weighted by molar-refractivity contribution is 0.111. The number of halogens is 1. The van der Waals surface area contributed by atoms with Gasteiger partial charge in [-0.1, -0.05) is 18.2 Å². The van der Waals surface area contributed by atoms with Gasteiger partial charge in [-0.05, 0) is 44.0 Å². The van der Waals surface area contributed by atoms with E-state index in [2.05, 4.69) is 26.9 Å². The first-order valence-electron chi connectivity index (χ1n) is 10.3. The Hall–Kier alpha value is -2.84. The van der Waals surface area contributed by atoms with Gasteiger partial charge in [-0.25, -0.2) is 4.39 Å². The van der Waals surface area contributed by atoms with Gasteiger partial charge < -0.3 is 20.1 Å². The minimum absolute atomic E-state index is 0.0971. The molecule has 0 bridgehead atoms. The molecule has 1 aromatic carbocycles. The van der Waals surface area contributed by atoms with Crippen molar-refractivity contribution in [2.45, 2.75) is 31.9 Å². The van der Waals surface area contributed by atoms with E-state index in [1.165, 1.54) is 6.20 Å². The number of pyridine rings is 1. The molecule has 3 aromatic rings. The first-order valence-corrected chi connectivity index (χ1v) is 10.3. The maximum atomic E-state index is 15.6. The van der Waals surface area contributed by atoms with E-state index >= 15 is 4.39 Å². The SMILES string of the molecule is CN1CCC[C@H]1COc1nc(N)c2cnc(-c3cccc4c3CCOC4)c(F)c2n1. The van der Waals surface area contributed by atoms with Gasteiger partial charge in [0.05, 0.1) is 18.6 Å². The van der Waals surface area contributed by atoms with Crippen LogP contribution < -0.4 is 10.5 Å². The van der Waals surface area contributed by atoms with Crippen molar-refractivity contribution >= 4 is 16.7 Å². The molecule has 7 nitrogen and oxygen atoms in total. The highest BCUT2D eigenvalue weighted by Gasteiger charge is 2.23. The second-order valence-electron chi connectivity index (χ2n) is 7.91. The van der Waals surface area contributed by atoms with E-state index in [0.29, 0.717) is 31.2 Å². The molecular weight excluding hydrogens is 385 g/mol. The number of nitrogens with two attached hydrogens (primary N) is 1. The monoisotopic (exact) mass is 409 g/mol. The molecular formula is C22H24FN5O2. The van der Waals surface area contributed by atoms with Crippen molar-refractivity contribution < 1.29 is 13.9 Å². The van der Waals surface area contributed by atoms with Gasteiger partial charge in [0.25, 0.3) is 0 Å². The van der Waals surface area contributed by atoms with E-state index in [-0.39, 0.29) is 23.0 Å². The summed E-state index contributed by atoms with van der Waals surface area (Å²) in [4.78, 5) is 15.2. The molecule has 156 valence electrons. The third-order valence-electron chi connectivity index (χ3n) is 6.05. The third-order valence-corrected chi connectivity index (χ3v) is 6.05. The lowest BCUT2D eigenvalue weighted by atomic mass is 9.94. The largest absolute Gasteiger partial charge is 0.462 e. The maximum Gasteiger partial charge on any atom is 0.319 e. The quantitative estimate of drug-likeness (QED) is 0.709. The van der Waals surface area contributed by atoms with Crippen LogP contribution in [0.4, 0.5) is 10.2 Å². The van der Waals surface area contributed by atoms with Crippen molar-refractivity contribution in [2.75, 3.05) is 32.5 Å². The van der Waals surface area contributed by atoms with Gasteiger partial charge in [-0.3, -0.25) is 4.98 Å². The summed E-state index contributed by atoms with van der Waals surface area (Å²) in [5.74, 6) is -0.347. The van der Waals surface area contributed by atoms with E-state index < -0.39 is 5.82 Å². The van der Waals surface area contributed by atoms with Crippen LogP contribution in [0.3, 0.4) is 0 Å². The summed E-state index contributed by atoms with van der Waals surface area (Å²) >= 11 is 0. The maximum absolute atomic E-state index is 15.6. The summed E-state index contributed by atoms with van der Waals surface area (Å²) in [5.41, 5.74) is 9.36. The predicted octanol–water partition coefficient (Wildman–Crippen LogP) is 2.96. The fraction of sp³-hybridized carbons (Fsp3) is 0.409. The molecule has 8 heteroatoms. The molecule has 2 aliphatic rings. The van der Waals surface area contributed by atoms with Crippen molar-refractivity contribution in [3.8, 4) is 17.3 Å². The molecule has 0 radical (unpaired) electrons. The highest BCUT2D eigenvalue weighted by molar-refractivity contribution is 5.90. The smallest absolute Gasteiger partial charge is 0.319 e. The molecule has 0 aliphatic carbocycles. The zero-order valence-electron chi connectivity index (χ0n) is 16.9. The molecule has 1 saturated heterocycles. The fourth-order valence-electron chi connectivity index (χ4n) is 4.31. The molecule has 2 aliphatic heterocycles. The first kappa shape index (κ1) is 19.1. The van der Waals surface area contributed by atoms with Crippen molar-refractivity contribution in [1.82, 2.24) is 19.9 Å². The van der Waals surface area contributed by atoms with Gasteiger partial charge in [0.2, 0.25) is 0 Å². The Kier molecular flexibility index (Phi) is 4.96. The highest BCUT2D eigenvalue weighted by atomic mass is 19.1. The average Bonchev–Trinajstić information content (AvgIpc) is 3.17. The normalized spacial score (nSPS) is 19.2. The minimum Gasteiger partial charge on any atom is -0.462 e. The first-order chi connectivity index (χ1) is 14.6. The topological polar surface area (TPSA) is 86.4 Å². The van der Waals surface area contributed by atoms with Gasteiger partial charge >= 0.3 is 6.01 Å². The fourth-order valence-corrected chi connectivity index (χ4v) is 4.31. The van der Waals surface area contributed by atoms with Crippen LogP contribution in [-0.2, 0) is 17.8 Å². The highest BCUT2D eigenvalue weighted by Crippen LogP contribution is 2.33. The Bertz CT molecular complexity index is 1110. The number of hydrogen-bond acceptors (Lipinski definition) is 7. The zero-order chi connectivity index (χ0) is 20.7. The molecule has 4 heterocycles. The third kappa shape index (κ3) is 3.36. The molecule has 2 aromatic heterocycles. The molecule has 0 saturated carbocycles. The van der Waals surface area contributed by atoms with Crippen LogP contribution in [0.5, 0.6) is 6.01 Å². The summed E-state index contributed by atoms with van der Waals surface area (Å²) in [6.45, 7) is 2.64. The summed E-state index contributed by atoms with van der Waals surface area (Å²) < 4.78 is 26.9. The minimum atomic E-state index is -0.510. The summed E-state index contributed by atoms with van der Waals surface area (Å²) in [6.07, 6.45) is 4.46. The van der Waals surface area contributed by atoms with Gasteiger partial charge in [0, 0.05) is 17.8 Å². The van der Waals surface area contributed by atoms with Crippen LogP contribution in [-0.4, -0.2) is 52.7 Å². The Balaban J connectivity index is 1.53. The van der Waals surface area contributed by atoms with E-state index in [0.717, 1.165) is 42.5 Å². The van der Waals surface area contributed by atoms with Crippen molar-refractivity contribution in [3.63, 3.8) is 0 Å². The number of likely N-dealkylation sites (N-methyl/N-ethyl adjacent to an activating group) is 1. The van der Waals surface area contributed by atoms with E-state index in [1.807, 2.05) is 18.2 Å². The van der Waals surface area contributed by atoms with E-state index in [9.17, 15) is 0 Å². The van der Waals surface area contributed by atoms with E-state index in [4.69, 9.17) is 15.2 Å². The van der Waals surface area contributed by atoms with Crippen LogP contribution in [0.2, 0.25) is 0 Å². The van der Waals surface area contributed by atoms with Crippen LogP contribution >= 0.6 is 0 Å². The number of nitrogens with zero attached hydrogens (tertiary/aromatic N) is 4. The van der Waals surface area contributed by atoms with Crippen LogP contribution in [0.15, 0.2) is 24.4 Å². The predicted molar refractivity (Wildman–Crippen MR) is 112 cm³/mol. The van der Waals surface area contributed by atoms with Crippen molar-refractivity contribution in [2.24, 2.45) is 0 Å². The number of fused-ring (bicyclic) bond motifs is 2. The summed E-state index contributed by atoms with van der Waals surface area (Å²) in [7, 11) is 2.07. The van der Waals surface area contributed by atoms with Gasteiger partial charge in [-0.15, -0.1) is 0 Å². The van der Waals surface area contributed by atoms with Crippen LogP contribution in [0, 0.1) is 5.82 Å². The molecule has 0 amide bonds. The van der Waals surface area contributed by atoms with Crippen LogP contribution in [0.1, 0.15) is 24.0 Å². The molecule has 5 rings (SSSR count). The lowest BCUT2D eigenvalue weighted by Crippen LogP contribution is -2.30. The number of benzene rings is 1. The molecule has 1 atom stereocenters. The Morgan fingerprint density at radius 1 is 1.33 bits per heavy atom. The average molecular weight is 409 g/mol. The van der Waals surface area contributed by atoms with Gasteiger partial charge in [0.15, 0.2) is 5.82 Å². The van der Waals surface area contributed by atoms with E-state index in [1.54, 1.807) is 0 Å². The molecule has 0 spiro atoms. The number of nitrogen functional groups attached to an aromatic ring is 1. The molecule has 0 unspecified atom stereocenters. The van der Waals surface area contributed by atoms with Gasteiger partial charge in [-0.2, -0.15) is 9.97 Å². The summed E-state index contributed by atoms with van der Waals surface area (Å²) in [6, 6.07) is 6.19. The number of anilines is 1. The van der Waals surface area contributed by atoms with Gasteiger partial charge in [0.1, 0.15) is 23.6 Å². The van der Waals surface area contributed by atoms with Crippen molar-refractivity contribution in [1.29, 1.82) is 0 Å². The second kappa shape index (κ2) is 7.77. The number of hydrogen-bond donors (Lipinski definition) is 1. The number of ether oxygens (including phenoxy) is 2. The Morgan fingerprint density at radius 2 is 2.23 bits per heavy atom. The molecule has 1 fully saturated rings. The Morgan fingerprint density at radius 3 is 3.07 bits per heavy atom. The van der Waals surface area contributed by atoms with Crippen LogP contribution in [0.25, 0.3) is 22.2 Å². The number of rotatable bonds is 4. The second-order valence-corrected chi connectivity index (χ2v) is 7.91. The molecule has 2 N–H and O–H groups in total. The zero-order valence-corrected chi connectivity index (χ0v) is 16.9.